The number of anilines is 1. The summed E-state index contributed by atoms with van der Waals surface area (Å²) >= 11 is 0. The van der Waals surface area contributed by atoms with Crippen LogP contribution in [0.3, 0.4) is 0 Å². The number of hydrogen-bond acceptors (Lipinski definition) is 5. The Bertz CT molecular complexity index is 841. The number of nitrogens with one attached hydrogen (secondary N) is 1. The Hall–Kier alpha value is -2.81. The summed E-state index contributed by atoms with van der Waals surface area (Å²) in [6.07, 6.45) is 5.45. The molecule has 0 fully saturated rings. The molecule has 126 valence electrons. The van der Waals surface area contributed by atoms with Crippen molar-refractivity contribution < 1.29 is 17.6 Å². The molecule has 0 spiro atoms. The van der Waals surface area contributed by atoms with Crippen LogP contribution in [0.1, 0.15) is 5.56 Å². The van der Waals surface area contributed by atoms with Gasteiger partial charge in [-0.3, -0.25) is 14.1 Å². The molecule has 0 atom stereocenters. The van der Waals surface area contributed by atoms with Crippen molar-refractivity contribution in [2.45, 2.75) is 0 Å². The molecule has 0 aliphatic heterocycles. The van der Waals surface area contributed by atoms with E-state index in [0.29, 0.717) is 5.56 Å². The standard InChI is InChI=1S/C15H15FN4O3S/c1-24(22,23)20(14-6-2-5-13(16)8-14)11-15(21)19-18-10-12-4-3-7-17-9-12/h2-10H,11H2,1H3,(H,19,21)/b18-10-. The zero-order valence-corrected chi connectivity index (χ0v) is 13.6. The van der Waals surface area contributed by atoms with Crippen LogP contribution in [0.25, 0.3) is 0 Å². The van der Waals surface area contributed by atoms with E-state index in [0.717, 1.165) is 16.6 Å². The molecule has 0 aliphatic rings. The molecule has 0 saturated heterocycles. The summed E-state index contributed by atoms with van der Waals surface area (Å²) in [6, 6.07) is 8.42. The molecule has 0 aliphatic carbocycles. The number of hydrazone groups is 1. The third kappa shape index (κ3) is 5.13. The Morgan fingerprint density at radius 3 is 2.79 bits per heavy atom. The maximum Gasteiger partial charge on any atom is 0.260 e. The summed E-state index contributed by atoms with van der Waals surface area (Å²) in [7, 11) is -3.76. The molecule has 2 aromatic rings. The number of rotatable bonds is 6. The van der Waals surface area contributed by atoms with Crippen LogP contribution >= 0.6 is 0 Å². The number of carbonyl (C=O) groups excluding carboxylic acids is 1. The first-order valence-corrected chi connectivity index (χ1v) is 8.66. The zero-order valence-electron chi connectivity index (χ0n) is 12.8. The van der Waals surface area contributed by atoms with Gasteiger partial charge >= 0.3 is 0 Å². The van der Waals surface area contributed by atoms with E-state index < -0.39 is 28.3 Å². The molecule has 0 unspecified atom stereocenters. The molecule has 1 aromatic carbocycles. The second-order valence-electron chi connectivity index (χ2n) is 4.83. The number of nitrogens with zero attached hydrogens (tertiary/aromatic N) is 3. The number of aromatic nitrogens is 1. The van der Waals surface area contributed by atoms with Gasteiger partial charge in [0.05, 0.1) is 18.2 Å². The molecule has 9 heteroatoms. The van der Waals surface area contributed by atoms with Crippen molar-refractivity contribution in [1.82, 2.24) is 10.4 Å². The van der Waals surface area contributed by atoms with E-state index in [-0.39, 0.29) is 5.69 Å². The number of pyridine rings is 1. The highest BCUT2D eigenvalue weighted by Gasteiger charge is 2.21. The van der Waals surface area contributed by atoms with Crippen LogP contribution in [0.5, 0.6) is 0 Å². The molecule has 1 N–H and O–H groups in total. The highest BCUT2D eigenvalue weighted by atomic mass is 32.2. The van der Waals surface area contributed by atoms with Gasteiger partial charge in [-0.1, -0.05) is 12.1 Å². The minimum absolute atomic E-state index is 0.0592. The van der Waals surface area contributed by atoms with E-state index in [1.165, 1.54) is 24.4 Å². The van der Waals surface area contributed by atoms with Crippen LogP contribution in [0.2, 0.25) is 0 Å². The first-order valence-electron chi connectivity index (χ1n) is 6.81. The van der Waals surface area contributed by atoms with E-state index in [1.54, 1.807) is 24.5 Å². The third-order valence-corrected chi connectivity index (χ3v) is 4.01. The number of sulfonamides is 1. The lowest BCUT2D eigenvalue weighted by molar-refractivity contribution is -0.119. The van der Waals surface area contributed by atoms with Crippen LogP contribution in [0.4, 0.5) is 10.1 Å². The second-order valence-corrected chi connectivity index (χ2v) is 6.74. The topological polar surface area (TPSA) is 91.7 Å². The van der Waals surface area contributed by atoms with Crippen LogP contribution in [-0.4, -0.2) is 38.3 Å². The summed E-state index contributed by atoms with van der Waals surface area (Å²) in [5.74, 6) is -1.26. The van der Waals surface area contributed by atoms with Gasteiger partial charge in [0.15, 0.2) is 0 Å². The van der Waals surface area contributed by atoms with Crippen molar-refractivity contribution in [1.29, 1.82) is 0 Å². The van der Waals surface area contributed by atoms with Crippen molar-refractivity contribution in [2.24, 2.45) is 5.10 Å². The molecule has 24 heavy (non-hydrogen) atoms. The lowest BCUT2D eigenvalue weighted by atomic mass is 10.3. The highest BCUT2D eigenvalue weighted by Crippen LogP contribution is 2.18. The molecule has 7 nitrogen and oxygen atoms in total. The maximum absolute atomic E-state index is 13.3. The summed E-state index contributed by atoms with van der Waals surface area (Å²) < 4.78 is 37.8. The minimum atomic E-state index is -3.76. The summed E-state index contributed by atoms with van der Waals surface area (Å²) in [6.45, 7) is -0.521. The zero-order chi connectivity index (χ0) is 17.6. The van der Waals surface area contributed by atoms with Gasteiger partial charge in [-0.15, -0.1) is 0 Å². The third-order valence-electron chi connectivity index (χ3n) is 2.87. The lowest BCUT2D eigenvalue weighted by Crippen LogP contribution is -2.39. The number of hydrogen-bond donors (Lipinski definition) is 1. The van der Waals surface area contributed by atoms with Gasteiger partial charge in [0.25, 0.3) is 5.91 Å². The highest BCUT2D eigenvalue weighted by molar-refractivity contribution is 7.92. The monoisotopic (exact) mass is 350 g/mol. The number of benzene rings is 1. The largest absolute Gasteiger partial charge is 0.271 e. The first kappa shape index (κ1) is 17.5. The fourth-order valence-corrected chi connectivity index (χ4v) is 2.68. The van der Waals surface area contributed by atoms with Crippen LogP contribution in [-0.2, 0) is 14.8 Å². The van der Waals surface area contributed by atoms with Gasteiger partial charge in [-0.25, -0.2) is 18.2 Å². The Labute approximate surface area is 138 Å². The number of halogens is 1. The van der Waals surface area contributed by atoms with Crippen LogP contribution in [0, 0.1) is 5.82 Å². The van der Waals surface area contributed by atoms with Gasteiger partial charge < -0.3 is 0 Å². The summed E-state index contributed by atoms with van der Waals surface area (Å²) in [5, 5.41) is 3.73. The molecule has 0 bridgehead atoms. The van der Waals surface area contributed by atoms with E-state index >= 15 is 0 Å². The van der Waals surface area contributed by atoms with Gasteiger partial charge in [0.2, 0.25) is 10.0 Å². The van der Waals surface area contributed by atoms with E-state index in [4.69, 9.17) is 0 Å². The molecule has 1 amide bonds. The summed E-state index contributed by atoms with van der Waals surface area (Å²) in [5.41, 5.74) is 2.95. The fourth-order valence-electron chi connectivity index (χ4n) is 1.83. The summed E-state index contributed by atoms with van der Waals surface area (Å²) in [4.78, 5) is 15.8. The van der Waals surface area contributed by atoms with Crippen molar-refractivity contribution in [3.8, 4) is 0 Å². The van der Waals surface area contributed by atoms with Crippen molar-refractivity contribution in [3.05, 3.63) is 60.2 Å². The van der Waals surface area contributed by atoms with Crippen LogP contribution < -0.4 is 9.73 Å². The van der Waals surface area contributed by atoms with E-state index in [1.807, 2.05) is 0 Å². The van der Waals surface area contributed by atoms with E-state index in [2.05, 4.69) is 15.5 Å². The predicted molar refractivity (Wildman–Crippen MR) is 88.6 cm³/mol. The van der Waals surface area contributed by atoms with Gasteiger partial charge in [-0.2, -0.15) is 5.10 Å². The number of amides is 1. The minimum Gasteiger partial charge on any atom is -0.271 e. The molecule has 0 radical (unpaired) electrons. The van der Waals surface area contributed by atoms with Crippen molar-refractivity contribution in [2.75, 3.05) is 17.1 Å². The van der Waals surface area contributed by atoms with Crippen molar-refractivity contribution >= 4 is 27.8 Å². The van der Waals surface area contributed by atoms with Crippen molar-refractivity contribution in [3.63, 3.8) is 0 Å². The Morgan fingerprint density at radius 2 is 2.17 bits per heavy atom. The Kier molecular flexibility index (Phi) is 5.59. The Morgan fingerprint density at radius 1 is 1.38 bits per heavy atom. The predicted octanol–water partition coefficient (Wildman–Crippen LogP) is 1.14. The lowest BCUT2D eigenvalue weighted by Gasteiger charge is -2.21. The van der Waals surface area contributed by atoms with E-state index in [9.17, 15) is 17.6 Å². The van der Waals surface area contributed by atoms with Gasteiger partial charge in [0.1, 0.15) is 12.4 Å². The molecule has 1 aromatic heterocycles. The maximum atomic E-state index is 13.3. The Balaban J connectivity index is 2.07. The van der Waals surface area contributed by atoms with Crippen LogP contribution in [0.15, 0.2) is 53.9 Å². The molecular formula is C15H15FN4O3S. The quantitative estimate of drug-likeness (QED) is 0.625. The molecule has 1 heterocycles. The molecule has 0 saturated carbocycles. The average Bonchev–Trinajstić information content (AvgIpc) is 2.52. The SMILES string of the molecule is CS(=O)(=O)N(CC(=O)N/N=C\c1cccnc1)c1cccc(F)c1. The average molecular weight is 350 g/mol. The molecular weight excluding hydrogens is 335 g/mol. The molecule has 2 rings (SSSR count). The number of carbonyl (C=O) groups is 1. The normalized spacial score (nSPS) is 11.4. The fraction of sp³-hybridized carbons (Fsp3) is 0.133. The smallest absolute Gasteiger partial charge is 0.260 e. The first-order chi connectivity index (χ1) is 11.4. The van der Waals surface area contributed by atoms with Gasteiger partial charge in [0, 0.05) is 18.0 Å². The van der Waals surface area contributed by atoms with Gasteiger partial charge in [-0.05, 0) is 24.3 Å². The second kappa shape index (κ2) is 7.64.